The molecule has 0 unspecified atom stereocenters. The Balaban J connectivity index is 1.11. The summed E-state index contributed by atoms with van der Waals surface area (Å²) in [6.45, 7) is 4.86. The van der Waals surface area contributed by atoms with Crippen molar-refractivity contribution in [1.29, 1.82) is 0 Å². The minimum atomic E-state index is -4.40. The maximum absolute atomic E-state index is 13.1. The molecule has 0 spiro atoms. The molecule has 1 N–H and O–H groups in total. The van der Waals surface area contributed by atoms with Crippen LogP contribution < -0.4 is 10.1 Å². The lowest BCUT2D eigenvalue weighted by molar-refractivity contribution is -0.456. The van der Waals surface area contributed by atoms with Gasteiger partial charge in [0.15, 0.2) is 12.8 Å². The molecule has 0 aromatic heterocycles. The number of ether oxygens (including phenoxy) is 1. The molecule has 0 aliphatic carbocycles. The zero-order valence-electron chi connectivity index (χ0n) is 23.5. The first-order valence-electron chi connectivity index (χ1n) is 13.9. The molecular formula is C32H33F3N3O3S+. The lowest BCUT2D eigenvalue weighted by atomic mass is 9.92. The lowest BCUT2D eigenvalue weighted by Gasteiger charge is -2.32. The molecular weight excluding hydrogens is 563 g/mol. The van der Waals surface area contributed by atoms with E-state index < -0.39 is 11.7 Å². The Morgan fingerprint density at radius 2 is 1.64 bits per heavy atom. The monoisotopic (exact) mass is 596 g/mol. The SMILES string of the molecule is CSCCNC(=O)c1ccc2c(c1C)C=[N+]2CC1CCN(C(=O)c2ccc(Oc3ccc(C(F)(F)F)cc3)cc2)CC1. The van der Waals surface area contributed by atoms with Gasteiger partial charge in [-0.3, -0.25) is 9.59 Å². The quantitative estimate of drug-likeness (QED) is 0.226. The van der Waals surface area contributed by atoms with Gasteiger partial charge < -0.3 is 15.0 Å². The molecule has 1 fully saturated rings. The third-order valence-corrected chi connectivity index (χ3v) is 8.41. The van der Waals surface area contributed by atoms with Crippen molar-refractivity contribution in [3.63, 3.8) is 0 Å². The molecule has 0 bridgehead atoms. The van der Waals surface area contributed by atoms with Crippen LogP contribution in [-0.4, -0.2) is 65.7 Å². The van der Waals surface area contributed by atoms with Crippen molar-refractivity contribution in [2.45, 2.75) is 25.9 Å². The van der Waals surface area contributed by atoms with Crippen molar-refractivity contribution in [2.75, 3.05) is 38.2 Å². The van der Waals surface area contributed by atoms with Crippen LogP contribution in [0.1, 0.15) is 50.2 Å². The molecule has 3 aromatic rings. The lowest BCUT2D eigenvalue weighted by Crippen LogP contribution is -2.40. The number of benzene rings is 3. The van der Waals surface area contributed by atoms with E-state index in [0.717, 1.165) is 59.6 Å². The number of carbonyl (C=O) groups is 2. The molecule has 3 aromatic carbocycles. The molecule has 2 amide bonds. The number of thioether (sulfide) groups is 1. The summed E-state index contributed by atoms with van der Waals surface area (Å²) in [6, 6.07) is 15.1. The van der Waals surface area contributed by atoms with E-state index in [-0.39, 0.29) is 17.6 Å². The van der Waals surface area contributed by atoms with E-state index >= 15 is 0 Å². The Morgan fingerprint density at radius 3 is 2.26 bits per heavy atom. The Bertz CT molecular complexity index is 1480. The van der Waals surface area contributed by atoms with E-state index in [2.05, 4.69) is 16.1 Å². The van der Waals surface area contributed by atoms with E-state index in [4.69, 9.17) is 4.74 Å². The van der Waals surface area contributed by atoms with Crippen LogP contribution in [-0.2, 0) is 6.18 Å². The number of rotatable bonds is 9. The topological polar surface area (TPSA) is 61.7 Å². The van der Waals surface area contributed by atoms with E-state index in [9.17, 15) is 22.8 Å². The molecule has 0 atom stereocenters. The first-order valence-corrected chi connectivity index (χ1v) is 15.3. The van der Waals surface area contributed by atoms with E-state index in [1.807, 2.05) is 30.2 Å². The standard InChI is InChI=1S/C32H32F3N3O3S/c1-21-27(30(39)36-15-18-42-2)11-12-29-28(21)20-38(29)19-22-13-16-37(17-14-22)31(40)23-3-7-25(8-4-23)41-26-9-5-24(6-10-26)32(33,34)35/h3-12,20,22H,13-19H2,1-2H3/p+1. The molecule has 2 aliphatic heterocycles. The van der Waals surface area contributed by atoms with Gasteiger partial charge in [0.05, 0.1) is 5.56 Å². The maximum atomic E-state index is 13.1. The highest BCUT2D eigenvalue weighted by Gasteiger charge is 2.34. The van der Waals surface area contributed by atoms with Crippen LogP contribution in [0.4, 0.5) is 18.9 Å². The second kappa shape index (κ2) is 12.6. The van der Waals surface area contributed by atoms with Crippen LogP contribution >= 0.6 is 11.8 Å². The second-order valence-corrected chi connectivity index (χ2v) is 11.6. The van der Waals surface area contributed by atoms with Crippen molar-refractivity contribution in [1.82, 2.24) is 10.2 Å². The van der Waals surface area contributed by atoms with Crippen LogP contribution in [0.15, 0.2) is 60.7 Å². The molecule has 2 heterocycles. The predicted octanol–water partition coefficient (Wildman–Crippen LogP) is 6.53. The van der Waals surface area contributed by atoms with Gasteiger partial charge in [0, 0.05) is 48.5 Å². The number of hydrogen-bond acceptors (Lipinski definition) is 4. The Morgan fingerprint density at radius 1 is 1.00 bits per heavy atom. The van der Waals surface area contributed by atoms with Gasteiger partial charge >= 0.3 is 6.18 Å². The second-order valence-electron chi connectivity index (χ2n) is 10.6. The van der Waals surface area contributed by atoms with Gasteiger partial charge in [-0.15, -0.1) is 0 Å². The molecule has 5 rings (SSSR count). The maximum Gasteiger partial charge on any atom is 0.416 e. The highest BCUT2D eigenvalue weighted by Crippen LogP contribution is 2.33. The smallest absolute Gasteiger partial charge is 0.416 e. The number of hydrogen-bond donors (Lipinski definition) is 1. The third-order valence-electron chi connectivity index (χ3n) is 7.80. The van der Waals surface area contributed by atoms with Gasteiger partial charge in [0.25, 0.3) is 11.8 Å². The average molecular weight is 597 g/mol. The summed E-state index contributed by atoms with van der Waals surface area (Å²) in [5, 5.41) is 2.97. The molecule has 1 saturated heterocycles. The highest BCUT2D eigenvalue weighted by atomic mass is 32.2. The van der Waals surface area contributed by atoms with Gasteiger partial charge in [0.2, 0.25) is 5.69 Å². The van der Waals surface area contributed by atoms with E-state index in [1.165, 1.54) is 12.1 Å². The molecule has 0 radical (unpaired) electrons. The number of halogens is 3. The summed E-state index contributed by atoms with van der Waals surface area (Å²) in [6.07, 6.45) is 1.53. The molecule has 2 aliphatic rings. The first kappa shape index (κ1) is 29.7. The number of carbonyl (C=O) groups excluding carboxylic acids is 2. The zero-order valence-corrected chi connectivity index (χ0v) is 24.4. The normalized spacial score (nSPS) is 15.0. The fraction of sp³-hybridized carbons (Fsp3) is 0.344. The van der Waals surface area contributed by atoms with Crippen molar-refractivity contribution in [3.05, 3.63) is 88.5 Å². The molecule has 10 heteroatoms. The molecule has 0 saturated carbocycles. The average Bonchev–Trinajstić information content (AvgIpc) is 2.97. The summed E-state index contributed by atoms with van der Waals surface area (Å²) in [4.78, 5) is 27.5. The number of piperidine rings is 1. The fourth-order valence-electron chi connectivity index (χ4n) is 5.34. The number of nitrogens with zero attached hydrogens (tertiary/aromatic N) is 2. The number of nitrogens with one attached hydrogen (secondary N) is 1. The number of alkyl halides is 3. The zero-order chi connectivity index (χ0) is 29.9. The van der Waals surface area contributed by atoms with Crippen LogP contribution in [0, 0.1) is 12.8 Å². The van der Waals surface area contributed by atoms with Crippen LogP contribution in [0.2, 0.25) is 0 Å². The van der Waals surface area contributed by atoms with Gasteiger partial charge in [0.1, 0.15) is 17.1 Å². The first-order chi connectivity index (χ1) is 20.1. The van der Waals surface area contributed by atoms with E-state index in [1.54, 1.807) is 36.0 Å². The largest absolute Gasteiger partial charge is 0.457 e. The van der Waals surface area contributed by atoms with Crippen LogP contribution in [0.5, 0.6) is 11.5 Å². The summed E-state index contributed by atoms with van der Waals surface area (Å²) in [5.41, 5.74) is 3.79. The minimum Gasteiger partial charge on any atom is -0.457 e. The van der Waals surface area contributed by atoms with Crippen molar-refractivity contribution in [3.8, 4) is 11.5 Å². The summed E-state index contributed by atoms with van der Waals surface area (Å²) < 4.78 is 46.2. The summed E-state index contributed by atoms with van der Waals surface area (Å²) >= 11 is 1.70. The fourth-order valence-corrected chi connectivity index (χ4v) is 5.64. The van der Waals surface area contributed by atoms with Gasteiger partial charge in [-0.2, -0.15) is 29.5 Å². The summed E-state index contributed by atoms with van der Waals surface area (Å²) in [5.74, 6) is 1.98. The van der Waals surface area contributed by atoms with Crippen LogP contribution in [0.3, 0.4) is 0 Å². The van der Waals surface area contributed by atoms with Gasteiger partial charge in [-0.25, -0.2) is 0 Å². The number of amides is 2. The van der Waals surface area contributed by atoms with Crippen LogP contribution in [0.25, 0.3) is 0 Å². The van der Waals surface area contributed by atoms with E-state index in [0.29, 0.717) is 36.9 Å². The molecule has 220 valence electrons. The van der Waals surface area contributed by atoms with Crippen molar-refractivity contribution in [2.24, 2.45) is 5.92 Å². The van der Waals surface area contributed by atoms with Crippen molar-refractivity contribution >= 4 is 35.5 Å². The third kappa shape index (κ3) is 6.64. The Labute approximate surface area is 247 Å². The number of likely N-dealkylation sites (tertiary alicyclic amines) is 1. The van der Waals surface area contributed by atoms with Gasteiger partial charge in [-0.1, -0.05) is 0 Å². The Hall–Kier alpha value is -3.79. The minimum absolute atomic E-state index is 0.0328. The predicted molar refractivity (Wildman–Crippen MR) is 158 cm³/mol. The number of fused-ring (bicyclic) bond motifs is 1. The van der Waals surface area contributed by atoms with Gasteiger partial charge in [-0.05, 0) is 86.2 Å². The molecule has 6 nitrogen and oxygen atoms in total. The highest BCUT2D eigenvalue weighted by molar-refractivity contribution is 7.98. The summed E-state index contributed by atoms with van der Waals surface area (Å²) in [7, 11) is 0. The molecule has 42 heavy (non-hydrogen) atoms. The van der Waals surface area contributed by atoms with Crippen molar-refractivity contribution < 1.29 is 32.1 Å². The Kier molecular flexibility index (Phi) is 8.91.